The average molecular weight is 152 g/mol. The number of hydrogen-bond donors (Lipinski definition) is 0. The normalized spacial score (nSPS) is 8.64. The van der Waals surface area contributed by atoms with Crippen molar-refractivity contribution in [3.05, 3.63) is 37.0 Å². The van der Waals surface area contributed by atoms with Gasteiger partial charge in [0.15, 0.2) is 0 Å². The molecule has 0 amide bonds. The molecule has 64 valence electrons. The lowest BCUT2D eigenvalue weighted by molar-refractivity contribution is 1.16. The molecule has 0 spiro atoms. The zero-order valence-electron chi connectivity index (χ0n) is 8.06. The highest BCUT2D eigenvalue weighted by atomic mass is 13.7. The topological polar surface area (TPSA) is 0 Å². The van der Waals surface area contributed by atoms with E-state index in [0.717, 1.165) is 5.57 Å². The molecule has 0 heterocycles. The van der Waals surface area contributed by atoms with Crippen LogP contribution in [0.3, 0.4) is 0 Å². The summed E-state index contributed by atoms with van der Waals surface area (Å²) in [5.74, 6) is 0. The van der Waals surface area contributed by atoms with Crippen LogP contribution < -0.4 is 0 Å². The third-order valence-electron chi connectivity index (χ3n) is 0.987. The highest BCUT2D eigenvalue weighted by molar-refractivity contribution is 5.05. The van der Waals surface area contributed by atoms with Crippen molar-refractivity contribution in [3.8, 4) is 0 Å². The number of rotatable bonds is 3. The van der Waals surface area contributed by atoms with Crippen LogP contribution in [0.2, 0.25) is 0 Å². The third-order valence-corrected chi connectivity index (χ3v) is 0.987. The fraction of sp³-hybridized carbons (Fsp3) is 0.455. The molecule has 0 fully saturated rings. The van der Waals surface area contributed by atoms with E-state index in [0.29, 0.717) is 0 Å². The minimum absolute atomic E-state index is 1.02. The molecule has 0 heteroatoms. The molecule has 0 rings (SSSR count). The van der Waals surface area contributed by atoms with E-state index in [1.807, 2.05) is 6.92 Å². The molecule has 0 radical (unpaired) electrons. The fourth-order valence-corrected chi connectivity index (χ4v) is 0.333. The predicted molar refractivity (Wildman–Crippen MR) is 54.7 cm³/mol. The van der Waals surface area contributed by atoms with Crippen LogP contribution in [0.5, 0.6) is 0 Å². The van der Waals surface area contributed by atoms with Gasteiger partial charge < -0.3 is 0 Å². The predicted octanol–water partition coefficient (Wildman–Crippen LogP) is 4.11. The van der Waals surface area contributed by atoms with Crippen molar-refractivity contribution in [2.24, 2.45) is 0 Å². The summed E-state index contributed by atoms with van der Waals surface area (Å²) in [4.78, 5) is 0. The van der Waals surface area contributed by atoms with Gasteiger partial charge in [0, 0.05) is 0 Å². The average Bonchev–Trinajstić information content (AvgIpc) is 2.02. The molecule has 0 saturated carbocycles. The molecule has 0 unspecified atom stereocenters. The van der Waals surface area contributed by atoms with Gasteiger partial charge in [0.05, 0.1) is 0 Å². The van der Waals surface area contributed by atoms with E-state index >= 15 is 0 Å². The molecule has 0 nitrogen and oxygen atoms in total. The number of allylic oxidation sites excluding steroid dienone is 4. The third kappa shape index (κ3) is 27.0. The van der Waals surface area contributed by atoms with Gasteiger partial charge in [-0.25, -0.2) is 0 Å². The van der Waals surface area contributed by atoms with Gasteiger partial charge in [-0.15, -0.1) is 0 Å². The molecule has 0 aliphatic carbocycles. The summed E-state index contributed by atoms with van der Waals surface area (Å²) in [5.41, 5.74) is 1.02. The van der Waals surface area contributed by atoms with Gasteiger partial charge >= 0.3 is 0 Å². The Balaban J connectivity index is 0. The fourth-order valence-electron chi connectivity index (χ4n) is 0.333. The minimum atomic E-state index is 1.02. The molecule has 0 aliphatic rings. The zero-order chi connectivity index (χ0) is 9.11. The van der Waals surface area contributed by atoms with Crippen molar-refractivity contribution in [3.63, 3.8) is 0 Å². The molecule has 0 aromatic heterocycles. The van der Waals surface area contributed by atoms with Gasteiger partial charge in [0.1, 0.15) is 0 Å². The standard InChI is InChI=1S/C6H12.C5H8/c1-3-5-6-4-2;1-4-5(2)3/h5-6H,3-4H2,1-2H3;4H,1-2H2,3H3. The van der Waals surface area contributed by atoms with Crippen LogP contribution in [0.1, 0.15) is 33.6 Å². The lowest BCUT2D eigenvalue weighted by atomic mass is 10.4. The minimum Gasteiger partial charge on any atom is -0.0988 e. The molecule has 11 heavy (non-hydrogen) atoms. The largest absolute Gasteiger partial charge is 0.0988 e. The highest BCUT2D eigenvalue weighted by Gasteiger charge is 1.60. The molecule has 0 aliphatic heterocycles. The second-order valence-electron chi connectivity index (χ2n) is 2.34. The van der Waals surface area contributed by atoms with Crippen molar-refractivity contribution in [2.45, 2.75) is 33.6 Å². The van der Waals surface area contributed by atoms with Crippen LogP contribution in [0.4, 0.5) is 0 Å². The van der Waals surface area contributed by atoms with Gasteiger partial charge in [-0.3, -0.25) is 0 Å². The van der Waals surface area contributed by atoms with Crippen molar-refractivity contribution in [2.75, 3.05) is 0 Å². The van der Waals surface area contributed by atoms with Gasteiger partial charge in [-0.2, -0.15) is 0 Å². The van der Waals surface area contributed by atoms with E-state index < -0.39 is 0 Å². The van der Waals surface area contributed by atoms with Gasteiger partial charge in [-0.05, 0) is 19.8 Å². The van der Waals surface area contributed by atoms with E-state index in [1.54, 1.807) is 6.08 Å². The van der Waals surface area contributed by atoms with Crippen LogP contribution in [0.25, 0.3) is 0 Å². The van der Waals surface area contributed by atoms with E-state index in [4.69, 9.17) is 0 Å². The van der Waals surface area contributed by atoms with Gasteiger partial charge in [-0.1, -0.05) is 50.8 Å². The lowest BCUT2D eigenvalue weighted by Gasteiger charge is -1.72. The molecule has 0 aromatic rings. The van der Waals surface area contributed by atoms with E-state index in [1.165, 1.54) is 12.8 Å². The highest BCUT2D eigenvalue weighted by Crippen LogP contribution is 1.81. The maximum atomic E-state index is 3.56. The Hall–Kier alpha value is -0.780. The summed E-state index contributed by atoms with van der Waals surface area (Å²) < 4.78 is 0. The molecular weight excluding hydrogens is 132 g/mol. The zero-order valence-corrected chi connectivity index (χ0v) is 8.06. The van der Waals surface area contributed by atoms with E-state index in [9.17, 15) is 0 Å². The van der Waals surface area contributed by atoms with Gasteiger partial charge in [0.25, 0.3) is 0 Å². The molecule has 0 aromatic carbocycles. The first kappa shape index (κ1) is 12.9. The smallest absolute Gasteiger partial charge is 0.0379 e. The van der Waals surface area contributed by atoms with Crippen LogP contribution in [-0.4, -0.2) is 0 Å². The molecule has 0 saturated heterocycles. The quantitative estimate of drug-likeness (QED) is 0.421. The summed E-state index contributed by atoms with van der Waals surface area (Å²) in [7, 11) is 0. The van der Waals surface area contributed by atoms with Crippen molar-refractivity contribution in [1.29, 1.82) is 0 Å². The van der Waals surface area contributed by atoms with Crippen molar-refractivity contribution in [1.82, 2.24) is 0 Å². The van der Waals surface area contributed by atoms with Crippen LogP contribution in [-0.2, 0) is 0 Å². The van der Waals surface area contributed by atoms with Crippen LogP contribution in [0.15, 0.2) is 37.0 Å². The summed E-state index contributed by atoms with van der Waals surface area (Å²) in [6, 6.07) is 0. The molecule has 0 atom stereocenters. The Morgan fingerprint density at radius 1 is 1.18 bits per heavy atom. The second-order valence-corrected chi connectivity index (χ2v) is 2.34. The summed E-state index contributed by atoms with van der Waals surface area (Å²) in [6.45, 7) is 13.2. The maximum Gasteiger partial charge on any atom is -0.0379 e. The SMILES string of the molecule is C=CC(=C)C.CCC=CCC. The first-order valence-electron chi connectivity index (χ1n) is 4.11. The second kappa shape index (κ2) is 12.0. The van der Waals surface area contributed by atoms with E-state index in [2.05, 4.69) is 39.2 Å². The Morgan fingerprint density at radius 3 is 1.55 bits per heavy atom. The van der Waals surface area contributed by atoms with Crippen molar-refractivity contribution >= 4 is 0 Å². The first-order chi connectivity index (χ1) is 5.18. The Labute approximate surface area is 71.3 Å². The lowest BCUT2D eigenvalue weighted by Crippen LogP contribution is -1.51. The molecule has 0 N–H and O–H groups in total. The van der Waals surface area contributed by atoms with Crippen LogP contribution in [0, 0.1) is 0 Å². The van der Waals surface area contributed by atoms with Gasteiger partial charge in [0.2, 0.25) is 0 Å². The number of hydrogen-bond acceptors (Lipinski definition) is 0. The summed E-state index contributed by atoms with van der Waals surface area (Å²) >= 11 is 0. The Morgan fingerprint density at radius 2 is 1.45 bits per heavy atom. The Kier molecular flexibility index (Phi) is 14.0. The molecule has 0 bridgehead atoms. The Bertz CT molecular complexity index is 112. The molecular formula is C11H20. The van der Waals surface area contributed by atoms with E-state index in [-0.39, 0.29) is 0 Å². The monoisotopic (exact) mass is 152 g/mol. The van der Waals surface area contributed by atoms with Crippen molar-refractivity contribution < 1.29 is 0 Å². The summed E-state index contributed by atoms with van der Waals surface area (Å²) in [5, 5.41) is 0. The summed E-state index contributed by atoms with van der Waals surface area (Å²) in [6.07, 6.45) is 8.43. The first-order valence-corrected chi connectivity index (χ1v) is 4.11. The van der Waals surface area contributed by atoms with Crippen LogP contribution >= 0.6 is 0 Å². The maximum absolute atomic E-state index is 3.56.